The zero-order valence-electron chi connectivity index (χ0n) is 8.82. The fourth-order valence-electron chi connectivity index (χ4n) is 1.98. The van der Waals surface area contributed by atoms with Crippen LogP contribution in [0.3, 0.4) is 0 Å². The van der Waals surface area contributed by atoms with E-state index in [-0.39, 0.29) is 0 Å². The van der Waals surface area contributed by atoms with Gasteiger partial charge >= 0.3 is 0 Å². The Labute approximate surface area is 92.0 Å². The maximum absolute atomic E-state index is 5.93. The van der Waals surface area contributed by atoms with E-state index in [9.17, 15) is 0 Å². The first-order valence-electron chi connectivity index (χ1n) is 5.00. The molecule has 3 N–H and O–H groups in total. The molecular formula is C12H11N3O. The normalized spacial score (nSPS) is 11.1. The second-order valence-corrected chi connectivity index (χ2v) is 3.64. The Hall–Kier alpha value is -2.23. The molecule has 0 saturated heterocycles. The Morgan fingerprint density at radius 3 is 2.88 bits per heavy atom. The molecule has 0 amide bonds. The summed E-state index contributed by atoms with van der Waals surface area (Å²) in [7, 11) is 1.58. The Kier molecular flexibility index (Phi) is 1.77. The minimum Gasteiger partial charge on any atom is -0.481 e. The summed E-state index contributed by atoms with van der Waals surface area (Å²) in [6.07, 6.45) is 0. The molecule has 4 nitrogen and oxygen atoms in total. The average molecular weight is 213 g/mol. The van der Waals surface area contributed by atoms with Crippen LogP contribution in [0.2, 0.25) is 0 Å². The number of anilines is 1. The molecule has 1 aromatic carbocycles. The predicted molar refractivity (Wildman–Crippen MR) is 64.6 cm³/mol. The molecule has 0 aliphatic rings. The number of nitrogen functional groups attached to an aromatic ring is 1. The van der Waals surface area contributed by atoms with Crippen molar-refractivity contribution in [3.63, 3.8) is 0 Å². The lowest BCUT2D eigenvalue weighted by atomic mass is 10.2. The van der Waals surface area contributed by atoms with E-state index in [0.717, 1.165) is 21.8 Å². The number of pyridine rings is 1. The largest absolute Gasteiger partial charge is 0.481 e. The number of H-pyrrole nitrogens is 1. The van der Waals surface area contributed by atoms with Crippen LogP contribution in [0.5, 0.6) is 5.88 Å². The number of aromatic amines is 1. The number of rotatable bonds is 1. The molecule has 0 aliphatic heterocycles. The second kappa shape index (κ2) is 3.13. The molecule has 0 spiro atoms. The van der Waals surface area contributed by atoms with Crippen LogP contribution in [0, 0.1) is 0 Å². The van der Waals surface area contributed by atoms with Crippen molar-refractivity contribution in [2.45, 2.75) is 0 Å². The van der Waals surface area contributed by atoms with Crippen LogP contribution in [0.15, 0.2) is 30.3 Å². The number of nitrogens with zero attached hydrogens (tertiary/aromatic N) is 1. The predicted octanol–water partition coefficient (Wildman–Crippen LogP) is 2.31. The second-order valence-electron chi connectivity index (χ2n) is 3.64. The summed E-state index contributed by atoms with van der Waals surface area (Å²) in [4.78, 5) is 7.47. The molecule has 80 valence electrons. The molecular weight excluding hydrogens is 202 g/mol. The van der Waals surface area contributed by atoms with E-state index in [2.05, 4.69) is 9.97 Å². The number of benzene rings is 1. The third-order valence-electron chi connectivity index (χ3n) is 2.70. The van der Waals surface area contributed by atoms with Gasteiger partial charge in [0.15, 0.2) is 0 Å². The van der Waals surface area contributed by atoms with Gasteiger partial charge in [0, 0.05) is 22.4 Å². The van der Waals surface area contributed by atoms with Crippen molar-refractivity contribution < 1.29 is 4.74 Å². The summed E-state index contributed by atoms with van der Waals surface area (Å²) < 4.78 is 5.09. The maximum atomic E-state index is 5.93. The Morgan fingerprint density at radius 2 is 2.06 bits per heavy atom. The summed E-state index contributed by atoms with van der Waals surface area (Å²) >= 11 is 0. The lowest BCUT2D eigenvalue weighted by Gasteiger charge is -2.01. The van der Waals surface area contributed by atoms with Crippen molar-refractivity contribution in [1.82, 2.24) is 9.97 Å². The first kappa shape index (κ1) is 9.03. The monoisotopic (exact) mass is 213 g/mol. The van der Waals surface area contributed by atoms with E-state index in [1.807, 2.05) is 30.3 Å². The van der Waals surface area contributed by atoms with Crippen LogP contribution in [0.4, 0.5) is 5.82 Å². The quantitative estimate of drug-likeness (QED) is 0.652. The molecule has 0 bridgehead atoms. The molecule has 0 saturated carbocycles. The van der Waals surface area contributed by atoms with Gasteiger partial charge in [-0.05, 0) is 6.07 Å². The van der Waals surface area contributed by atoms with Crippen LogP contribution in [0.25, 0.3) is 21.8 Å². The van der Waals surface area contributed by atoms with Gasteiger partial charge < -0.3 is 15.5 Å². The zero-order chi connectivity index (χ0) is 11.1. The van der Waals surface area contributed by atoms with Crippen molar-refractivity contribution in [3.05, 3.63) is 30.3 Å². The molecule has 0 atom stereocenters. The average Bonchev–Trinajstić information content (AvgIpc) is 2.67. The highest BCUT2D eigenvalue weighted by Gasteiger charge is 2.09. The van der Waals surface area contributed by atoms with Crippen molar-refractivity contribution in [2.75, 3.05) is 12.8 Å². The molecule has 2 heterocycles. The first-order valence-corrected chi connectivity index (χ1v) is 5.00. The number of hydrogen-bond acceptors (Lipinski definition) is 3. The summed E-state index contributed by atoms with van der Waals surface area (Å²) in [5.74, 6) is 1.02. The minimum atomic E-state index is 0.492. The smallest absolute Gasteiger partial charge is 0.217 e. The van der Waals surface area contributed by atoms with E-state index < -0.39 is 0 Å². The number of ether oxygens (including phenoxy) is 1. The van der Waals surface area contributed by atoms with Gasteiger partial charge in [-0.1, -0.05) is 18.2 Å². The number of methoxy groups -OCH3 is 1. The molecule has 0 radical (unpaired) electrons. The first-order chi connectivity index (χ1) is 7.79. The van der Waals surface area contributed by atoms with Gasteiger partial charge in [-0.3, -0.25) is 0 Å². The third kappa shape index (κ3) is 1.13. The van der Waals surface area contributed by atoms with Crippen molar-refractivity contribution in [1.29, 1.82) is 0 Å². The summed E-state index contributed by atoms with van der Waals surface area (Å²) in [5.41, 5.74) is 7.94. The van der Waals surface area contributed by atoms with Crippen LogP contribution in [0.1, 0.15) is 0 Å². The van der Waals surface area contributed by atoms with Crippen molar-refractivity contribution >= 4 is 27.6 Å². The van der Waals surface area contributed by atoms with Crippen molar-refractivity contribution in [2.24, 2.45) is 0 Å². The lowest BCUT2D eigenvalue weighted by Crippen LogP contribution is -1.94. The Morgan fingerprint density at radius 1 is 1.25 bits per heavy atom. The highest BCUT2D eigenvalue weighted by atomic mass is 16.5. The third-order valence-corrected chi connectivity index (χ3v) is 2.70. The fraction of sp³-hybridized carbons (Fsp3) is 0.0833. The summed E-state index contributed by atoms with van der Waals surface area (Å²) in [6, 6.07) is 9.86. The van der Waals surface area contributed by atoms with Gasteiger partial charge in [-0.25, -0.2) is 0 Å². The molecule has 3 rings (SSSR count). The number of nitrogens with two attached hydrogens (primary N) is 1. The van der Waals surface area contributed by atoms with Gasteiger partial charge in [-0.2, -0.15) is 4.98 Å². The summed E-state index contributed by atoms with van der Waals surface area (Å²) in [6.45, 7) is 0. The Bertz CT molecular complexity index is 672. The van der Waals surface area contributed by atoms with Crippen LogP contribution >= 0.6 is 0 Å². The van der Waals surface area contributed by atoms with Crippen molar-refractivity contribution in [3.8, 4) is 5.88 Å². The van der Waals surface area contributed by atoms with Gasteiger partial charge in [0.05, 0.1) is 12.6 Å². The highest BCUT2D eigenvalue weighted by Crippen LogP contribution is 2.30. The van der Waals surface area contributed by atoms with Gasteiger partial charge in [0.25, 0.3) is 0 Å². The fourth-order valence-corrected chi connectivity index (χ4v) is 1.98. The topological polar surface area (TPSA) is 63.9 Å². The van der Waals surface area contributed by atoms with Gasteiger partial charge in [0.1, 0.15) is 5.82 Å². The SMILES string of the molecule is COc1cc2[nH]c3ccccc3c2c(N)n1. The highest BCUT2D eigenvalue weighted by molar-refractivity contribution is 6.12. The number of para-hydroxylation sites is 1. The number of nitrogens with one attached hydrogen (secondary N) is 1. The minimum absolute atomic E-state index is 0.492. The number of hydrogen-bond donors (Lipinski definition) is 2. The van der Waals surface area contributed by atoms with Crippen LogP contribution in [-0.4, -0.2) is 17.1 Å². The molecule has 0 unspecified atom stereocenters. The molecule has 16 heavy (non-hydrogen) atoms. The van der Waals surface area contributed by atoms with E-state index in [1.165, 1.54) is 0 Å². The summed E-state index contributed by atoms with van der Waals surface area (Å²) in [5, 5.41) is 2.04. The van der Waals surface area contributed by atoms with Gasteiger partial charge in [-0.15, -0.1) is 0 Å². The van der Waals surface area contributed by atoms with E-state index in [1.54, 1.807) is 7.11 Å². The van der Waals surface area contributed by atoms with E-state index in [0.29, 0.717) is 11.7 Å². The molecule has 4 heteroatoms. The van der Waals surface area contributed by atoms with E-state index >= 15 is 0 Å². The zero-order valence-corrected chi connectivity index (χ0v) is 8.82. The molecule has 0 aliphatic carbocycles. The van der Waals surface area contributed by atoms with Gasteiger partial charge in [0.2, 0.25) is 5.88 Å². The lowest BCUT2D eigenvalue weighted by molar-refractivity contribution is 0.399. The van der Waals surface area contributed by atoms with E-state index in [4.69, 9.17) is 10.5 Å². The van der Waals surface area contributed by atoms with Crippen LogP contribution < -0.4 is 10.5 Å². The Balaban J connectivity index is 2.50. The maximum Gasteiger partial charge on any atom is 0.217 e. The molecule has 0 fully saturated rings. The molecule has 3 aromatic rings. The number of aromatic nitrogens is 2. The van der Waals surface area contributed by atoms with Crippen LogP contribution in [-0.2, 0) is 0 Å². The standard InChI is InChI=1S/C12H11N3O/c1-16-10-6-9-11(12(13)15-10)7-4-2-3-5-8(7)14-9/h2-6,14H,1H3,(H2,13,15). The number of fused-ring (bicyclic) bond motifs is 3. The molecule has 2 aromatic heterocycles.